The van der Waals surface area contributed by atoms with E-state index in [9.17, 15) is 0 Å². The van der Waals surface area contributed by atoms with Gasteiger partial charge in [0.1, 0.15) is 5.75 Å². The third kappa shape index (κ3) is 4.81. The molecule has 2 heteroatoms. The standard InChI is InChI=1S/C16H23NO/c1-4-6-7-11-16(17-12-5-2)14-9-8-10-15(13-14)18-3/h8-10,13,16-17H,5,7,11-12H2,1-3H3. The first-order chi connectivity index (χ1) is 8.81. The molecule has 0 aliphatic rings. The molecule has 0 saturated carbocycles. The van der Waals surface area contributed by atoms with E-state index in [0.29, 0.717) is 6.04 Å². The summed E-state index contributed by atoms with van der Waals surface area (Å²) >= 11 is 0. The SMILES string of the molecule is CC#CCCC(NCCC)c1cccc(OC)c1. The summed E-state index contributed by atoms with van der Waals surface area (Å²) in [6.45, 7) is 5.10. The molecule has 1 rings (SSSR count). The molecule has 1 aromatic rings. The van der Waals surface area contributed by atoms with E-state index < -0.39 is 0 Å². The van der Waals surface area contributed by atoms with Crippen molar-refractivity contribution in [1.29, 1.82) is 0 Å². The molecule has 0 amide bonds. The second-order valence-corrected chi connectivity index (χ2v) is 4.25. The molecule has 1 unspecified atom stereocenters. The third-order valence-corrected chi connectivity index (χ3v) is 2.87. The fourth-order valence-corrected chi connectivity index (χ4v) is 1.90. The predicted molar refractivity (Wildman–Crippen MR) is 76.7 cm³/mol. The summed E-state index contributed by atoms with van der Waals surface area (Å²) < 4.78 is 5.28. The van der Waals surface area contributed by atoms with Gasteiger partial charge in [-0.3, -0.25) is 0 Å². The summed E-state index contributed by atoms with van der Waals surface area (Å²) in [4.78, 5) is 0. The minimum Gasteiger partial charge on any atom is -0.497 e. The fourth-order valence-electron chi connectivity index (χ4n) is 1.90. The van der Waals surface area contributed by atoms with E-state index in [0.717, 1.165) is 31.6 Å². The van der Waals surface area contributed by atoms with Crippen LogP contribution in [0.15, 0.2) is 24.3 Å². The number of ether oxygens (including phenoxy) is 1. The Kier molecular flexibility index (Phi) is 6.98. The summed E-state index contributed by atoms with van der Waals surface area (Å²) in [5, 5.41) is 3.57. The Hall–Kier alpha value is -1.46. The molecule has 0 bridgehead atoms. The molecule has 18 heavy (non-hydrogen) atoms. The molecule has 1 aromatic carbocycles. The Bertz CT molecular complexity index is 403. The first kappa shape index (κ1) is 14.6. The quantitative estimate of drug-likeness (QED) is 0.742. The van der Waals surface area contributed by atoms with Gasteiger partial charge in [0, 0.05) is 12.5 Å². The maximum atomic E-state index is 5.28. The van der Waals surface area contributed by atoms with Gasteiger partial charge in [0.25, 0.3) is 0 Å². The number of hydrogen-bond acceptors (Lipinski definition) is 2. The predicted octanol–water partition coefficient (Wildman–Crippen LogP) is 3.54. The minimum absolute atomic E-state index is 0.362. The third-order valence-electron chi connectivity index (χ3n) is 2.87. The van der Waals surface area contributed by atoms with Gasteiger partial charge in [0.15, 0.2) is 0 Å². The molecule has 0 saturated heterocycles. The lowest BCUT2D eigenvalue weighted by atomic mass is 10.0. The zero-order chi connectivity index (χ0) is 13.2. The van der Waals surface area contributed by atoms with Crippen molar-refractivity contribution in [3.05, 3.63) is 29.8 Å². The smallest absolute Gasteiger partial charge is 0.119 e. The highest BCUT2D eigenvalue weighted by Gasteiger charge is 2.10. The average molecular weight is 245 g/mol. The van der Waals surface area contributed by atoms with E-state index in [4.69, 9.17) is 4.74 Å². The molecule has 1 N–H and O–H groups in total. The lowest BCUT2D eigenvalue weighted by molar-refractivity contribution is 0.412. The van der Waals surface area contributed by atoms with Gasteiger partial charge in [-0.1, -0.05) is 19.1 Å². The Morgan fingerprint density at radius 2 is 2.22 bits per heavy atom. The lowest BCUT2D eigenvalue weighted by Crippen LogP contribution is -2.22. The van der Waals surface area contributed by atoms with Crippen molar-refractivity contribution in [2.75, 3.05) is 13.7 Å². The van der Waals surface area contributed by atoms with Crippen molar-refractivity contribution in [2.45, 2.75) is 39.2 Å². The zero-order valence-electron chi connectivity index (χ0n) is 11.6. The summed E-state index contributed by atoms with van der Waals surface area (Å²) in [5.74, 6) is 7.00. The molecule has 0 aliphatic carbocycles. The Morgan fingerprint density at radius 1 is 1.39 bits per heavy atom. The van der Waals surface area contributed by atoms with Crippen LogP contribution in [-0.4, -0.2) is 13.7 Å². The number of benzene rings is 1. The topological polar surface area (TPSA) is 21.3 Å². The van der Waals surface area contributed by atoms with Crippen LogP contribution in [0, 0.1) is 11.8 Å². The van der Waals surface area contributed by atoms with Gasteiger partial charge < -0.3 is 10.1 Å². The molecular weight excluding hydrogens is 222 g/mol. The highest BCUT2D eigenvalue weighted by Crippen LogP contribution is 2.22. The molecule has 0 radical (unpaired) electrons. The van der Waals surface area contributed by atoms with Crippen LogP contribution < -0.4 is 10.1 Å². The van der Waals surface area contributed by atoms with Gasteiger partial charge in [-0.25, -0.2) is 0 Å². The van der Waals surface area contributed by atoms with Crippen LogP contribution in [0.1, 0.15) is 44.7 Å². The number of rotatable bonds is 7. The average Bonchev–Trinajstić information content (AvgIpc) is 2.42. The normalized spacial score (nSPS) is 11.5. The summed E-state index contributed by atoms with van der Waals surface area (Å²) in [6.07, 6.45) is 3.10. The fraction of sp³-hybridized carbons (Fsp3) is 0.500. The Labute approximate surface area is 111 Å². The molecule has 98 valence electrons. The van der Waals surface area contributed by atoms with Crippen molar-refractivity contribution in [3.8, 4) is 17.6 Å². The van der Waals surface area contributed by atoms with Gasteiger partial charge in [-0.05, 0) is 44.0 Å². The number of hydrogen-bond donors (Lipinski definition) is 1. The highest BCUT2D eigenvalue weighted by atomic mass is 16.5. The van der Waals surface area contributed by atoms with Gasteiger partial charge in [0.05, 0.1) is 7.11 Å². The molecule has 1 atom stereocenters. The van der Waals surface area contributed by atoms with Crippen molar-refractivity contribution in [3.63, 3.8) is 0 Å². The highest BCUT2D eigenvalue weighted by molar-refractivity contribution is 5.30. The van der Waals surface area contributed by atoms with Crippen LogP contribution in [0.5, 0.6) is 5.75 Å². The molecule has 0 spiro atoms. The van der Waals surface area contributed by atoms with Crippen LogP contribution in [0.4, 0.5) is 0 Å². The van der Waals surface area contributed by atoms with Crippen LogP contribution in [-0.2, 0) is 0 Å². The zero-order valence-corrected chi connectivity index (χ0v) is 11.6. The van der Waals surface area contributed by atoms with E-state index in [2.05, 4.69) is 36.2 Å². The van der Waals surface area contributed by atoms with E-state index in [-0.39, 0.29) is 0 Å². The maximum absolute atomic E-state index is 5.28. The van der Waals surface area contributed by atoms with Gasteiger partial charge in [-0.2, -0.15) is 0 Å². The Balaban J connectivity index is 2.74. The van der Waals surface area contributed by atoms with Crippen molar-refractivity contribution >= 4 is 0 Å². The second-order valence-electron chi connectivity index (χ2n) is 4.25. The van der Waals surface area contributed by atoms with Crippen LogP contribution >= 0.6 is 0 Å². The van der Waals surface area contributed by atoms with Crippen LogP contribution in [0.3, 0.4) is 0 Å². The summed E-state index contributed by atoms with van der Waals surface area (Å²) in [6, 6.07) is 8.63. The van der Waals surface area contributed by atoms with Gasteiger partial charge in [0.2, 0.25) is 0 Å². The number of methoxy groups -OCH3 is 1. The van der Waals surface area contributed by atoms with Gasteiger partial charge >= 0.3 is 0 Å². The first-order valence-corrected chi connectivity index (χ1v) is 6.58. The second kappa shape index (κ2) is 8.60. The molecular formula is C16H23NO. The van der Waals surface area contributed by atoms with E-state index in [1.165, 1.54) is 5.56 Å². The Morgan fingerprint density at radius 3 is 2.89 bits per heavy atom. The van der Waals surface area contributed by atoms with Crippen molar-refractivity contribution < 1.29 is 4.74 Å². The summed E-state index contributed by atoms with van der Waals surface area (Å²) in [7, 11) is 1.70. The largest absolute Gasteiger partial charge is 0.497 e. The molecule has 0 heterocycles. The lowest BCUT2D eigenvalue weighted by Gasteiger charge is -2.18. The number of nitrogens with one attached hydrogen (secondary N) is 1. The van der Waals surface area contributed by atoms with E-state index >= 15 is 0 Å². The van der Waals surface area contributed by atoms with E-state index in [1.807, 2.05) is 19.1 Å². The first-order valence-electron chi connectivity index (χ1n) is 6.58. The van der Waals surface area contributed by atoms with Crippen molar-refractivity contribution in [2.24, 2.45) is 0 Å². The van der Waals surface area contributed by atoms with E-state index in [1.54, 1.807) is 7.11 Å². The van der Waals surface area contributed by atoms with Crippen LogP contribution in [0.25, 0.3) is 0 Å². The maximum Gasteiger partial charge on any atom is 0.119 e. The summed E-state index contributed by atoms with van der Waals surface area (Å²) in [5.41, 5.74) is 1.28. The van der Waals surface area contributed by atoms with Crippen LogP contribution in [0.2, 0.25) is 0 Å². The monoisotopic (exact) mass is 245 g/mol. The molecule has 2 nitrogen and oxygen atoms in total. The molecule has 0 aromatic heterocycles. The molecule has 0 aliphatic heterocycles. The van der Waals surface area contributed by atoms with Gasteiger partial charge in [-0.15, -0.1) is 11.8 Å². The molecule has 0 fully saturated rings. The van der Waals surface area contributed by atoms with Crippen molar-refractivity contribution in [1.82, 2.24) is 5.32 Å². The minimum atomic E-state index is 0.362.